The molecular weight excluding hydrogens is 541 g/mol. The summed E-state index contributed by atoms with van der Waals surface area (Å²) in [5.41, 5.74) is -0.938. The molecule has 0 aliphatic carbocycles. The van der Waals surface area contributed by atoms with E-state index in [1.807, 2.05) is 6.07 Å². The van der Waals surface area contributed by atoms with Crippen LogP contribution in [0.4, 0.5) is 38.1 Å². The first-order valence-electron chi connectivity index (χ1n) is 12.0. The van der Waals surface area contributed by atoms with E-state index in [1.165, 1.54) is 6.07 Å². The van der Waals surface area contributed by atoms with Gasteiger partial charge in [-0.05, 0) is 49.6 Å². The number of alkyl halides is 3. The first-order valence-corrected chi connectivity index (χ1v) is 12.4. The van der Waals surface area contributed by atoms with Crippen molar-refractivity contribution in [2.24, 2.45) is 0 Å². The van der Waals surface area contributed by atoms with Gasteiger partial charge in [0.05, 0.1) is 32.9 Å². The molecule has 204 valence electrons. The lowest BCUT2D eigenvalue weighted by molar-refractivity contribution is -0.137. The van der Waals surface area contributed by atoms with Crippen LogP contribution in [0.15, 0.2) is 54.7 Å². The normalized spacial score (nSPS) is 18.4. The number of amides is 1. The van der Waals surface area contributed by atoms with Crippen molar-refractivity contribution < 1.29 is 31.5 Å². The topological polar surface area (TPSA) is 66.1 Å². The Balaban J connectivity index is 1.47. The Labute approximate surface area is 225 Å². The molecule has 2 unspecified atom stereocenters. The van der Waals surface area contributed by atoms with Gasteiger partial charge in [0.25, 0.3) is 0 Å². The predicted molar refractivity (Wildman–Crippen MR) is 140 cm³/mol. The molecule has 11 heteroatoms. The molecule has 1 amide bonds. The second-order valence-corrected chi connectivity index (χ2v) is 10.4. The molecule has 0 radical (unpaired) electrons. The second-order valence-electron chi connectivity index (χ2n) is 10.0. The van der Waals surface area contributed by atoms with Crippen LogP contribution in [-0.2, 0) is 10.9 Å². The zero-order valence-electron chi connectivity index (χ0n) is 20.9. The van der Waals surface area contributed by atoms with Gasteiger partial charge in [-0.2, -0.15) is 13.2 Å². The molecule has 1 aromatic heterocycles. The average molecular weight is 564 g/mol. The monoisotopic (exact) mass is 563 g/mol. The molecule has 0 spiro atoms. The van der Waals surface area contributed by atoms with Gasteiger partial charge in [-0.15, -0.1) is 0 Å². The molecule has 1 aliphatic heterocycles. The van der Waals surface area contributed by atoms with Crippen molar-refractivity contribution >= 4 is 40.0 Å². The number of carbonyl (C=O) groups is 1. The molecule has 0 saturated carbocycles. The summed E-state index contributed by atoms with van der Waals surface area (Å²) in [5, 5.41) is 5.88. The fourth-order valence-corrected chi connectivity index (χ4v) is 5.44. The predicted octanol–water partition coefficient (Wildman–Crippen LogP) is 8.71. The Morgan fingerprint density at radius 3 is 2.54 bits per heavy atom. The zero-order chi connectivity index (χ0) is 28.3. The van der Waals surface area contributed by atoms with E-state index < -0.39 is 47.0 Å². The summed E-state index contributed by atoms with van der Waals surface area (Å²) in [6, 6.07) is 10.7. The molecular formula is C28H23ClF5N3O2. The Morgan fingerprint density at radius 2 is 1.85 bits per heavy atom. The van der Waals surface area contributed by atoms with Gasteiger partial charge in [-0.25, -0.2) is 13.6 Å². The SMILES string of the molecule is CC1c2c(cc(F)c(-c3cccc4cc[nH]c34)c2F)NC(C)(C)C1OC(=O)Nc1ccc(C(F)(F)F)cc1Cl. The van der Waals surface area contributed by atoms with E-state index in [-0.39, 0.29) is 27.5 Å². The maximum Gasteiger partial charge on any atom is 0.416 e. The molecule has 4 aromatic rings. The lowest BCUT2D eigenvalue weighted by Gasteiger charge is -2.44. The molecule has 0 bridgehead atoms. The van der Waals surface area contributed by atoms with Crippen LogP contribution in [0.3, 0.4) is 0 Å². The van der Waals surface area contributed by atoms with Gasteiger partial charge >= 0.3 is 12.3 Å². The van der Waals surface area contributed by atoms with Crippen molar-refractivity contribution in [1.29, 1.82) is 0 Å². The lowest BCUT2D eigenvalue weighted by atomic mass is 9.77. The number of ether oxygens (including phenoxy) is 1. The summed E-state index contributed by atoms with van der Waals surface area (Å²) in [6.07, 6.45) is -4.86. The van der Waals surface area contributed by atoms with Gasteiger partial charge in [0.1, 0.15) is 17.7 Å². The van der Waals surface area contributed by atoms with Crippen molar-refractivity contribution in [3.8, 4) is 11.1 Å². The number of benzene rings is 3. The Hall–Kier alpha value is -3.79. The minimum Gasteiger partial charge on any atom is -0.443 e. The highest BCUT2D eigenvalue weighted by molar-refractivity contribution is 6.33. The van der Waals surface area contributed by atoms with Crippen LogP contribution < -0.4 is 10.6 Å². The molecule has 0 saturated heterocycles. The number of fused-ring (bicyclic) bond motifs is 2. The Kier molecular flexibility index (Phi) is 6.49. The number of aromatic nitrogens is 1. The second kappa shape index (κ2) is 9.44. The highest BCUT2D eigenvalue weighted by Crippen LogP contribution is 2.46. The number of nitrogens with one attached hydrogen (secondary N) is 3. The fourth-order valence-electron chi connectivity index (χ4n) is 5.21. The van der Waals surface area contributed by atoms with E-state index in [0.29, 0.717) is 17.1 Å². The molecule has 3 aromatic carbocycles. The van der Waals surface area contributed by atoms with Crippen LogP contribution in [-0.4, -0.2) is 22.7 Å². The number of rotatable bonds is 3. The highest BCUT2D eigenvalue weighted by Gasteiger charge is 2.45. The third-order valence-electron chi connectivity index (χ3n) is 6.96. The molecule has 2 heterocycles. The van der Waals surface area contributed by atoms with Crippen molar-refractivity contribution in [1.82, 2.24) is 4.98 Å². The van der Waals surface area contributed by atoms with Gasteiger partial charge in [0, 0.05) is 28.9 Å². The lowest BCUT2D eigenvalue weighted by Crippen LogP contribution is -2.52. The standard InChI is InChI=1S/C28H23ClF5N3O2/c1-13-21-20(12-18(30)22(23(21)31)16-6-4-5-14-9-10-35-24(14)16)37-27(2,3)25(13)39-26(38)36-19-8-7-15(11-17(19)29)28(32,33)34/h4-13,25,35,37H,1-3H3,(H,36,38). The quantitative estimate of drug-likeness (QED) is 0.218. The van der Waals surface area contributed by atoms with E-state index >= 15 is 8.78 Å². The van der Waals surface area contributed by atoms with Gasteiger partial charge in [0.2, 0.25) is 0 Å². The average Bonchev–Trinajstić information content (AvgIpc) is 3.31. The summed E-state index contributed by atoms with van der Waals surface area (Å²) >= 11 is 5.95. The maximum atomic E-state index is 16.1. The molecule has 5 rings (SSSR count). The summed E-state index contributed by atoms with van der Waals surface area (Å²) in [4.78, 5) is 15.8. The van der Waals surface area contributed by atoms with Gasteiger partial charge in [0.15, 0.2) is 0 Å². The number of aromatic amines is 1. The smallest absolute Gasteiger partial charge is 0.416 e. The van der Waals surface area contributed by atoms with Crippen molar-refractivity contribution in [2.75, 3.05) is 10.6 Å². The molecule has 2 atom stereocenters. The number of hydrogen-bond acceptors (Lipinski definition) is 3. The third-order valence-corrected chi connectivity index (χ3v) is 7.27. The van der Waals surface area contributed by atoms with E-state index in [0.717, 1.165) is 17.5 Å². The van der Waals surface area contributed by atoms with Crippen LogP contribution in [0, 0.1) is 11.6 Å². The zero-order valence-corrected chi connectivity index (χ0v) is 21.7. The van der Waals surface area contributed by atoms with E-state index in [2.05, 4.69) is 15.6 Å². The molecule has 1 aliphatic rings. The maximum absolute atomic E-state index is 16.1. The fraction of sp³-hybridized carbons (Fsp3) is 0.250. The van der Waals surface area contributed by atoms with E-state index in [4.69, 9.17) is 16.3 Å². The first kappa shape index (κ1) is 26.8. The molecule has 5 nitrogen and oxygen atoms in total. The Bertz CT molecular complexity index is 1600. The van der Waals surface area contributed by atoms with E-state index in [9.17, 15) is 18.0 Å². The summed E-state index contributed by atoms with van der Waals surface area (Å²) in [5.74, 6) is -2.27. The van der Waals surface area contributed by atoms with Gasteiger partial charge < -0.3 is 15.0 Å². The van der Waals surface area contributed by atoms with E-state index in [1.54, 1.807) is 45.2 Å². The van der Waals surface area contributed by atoms with Crippen LogP contribution >= 0.6 is 11.6 Å². The number of H-pyrrole nitrogens is 1. The number of carbonyl (C=O) groups excluding carboxylic acids is 1. The number of anilines is 2. The van der Waals surface area contributed by atoms with Crippen LogP contribution in [0.25, 0.3) is 22.0 Å². The minimum absolute atomic E-state index is 0.0844. The van der Waals surface area contributed by atoms with Crippen LogP contribution in [0.5, 0.6) is 0 Å². The molecule has 39 heavy (non-hydrogen) atoms. The summed E-state index contributed by atoms with van der Waals surface area (Å²) in [6.45, 7) is 5.07. The molecule has 3 N–H and O–H groups in total. The van der Waals surface area contributed by atoms with Crippen molar-refractivity contribution in [3.05, 3.63) is 82.5 Å². The highest BCUT2D eigenvalue weighted by atomic mass is 35.5. The van der Waals surface area contributed by atoms with Gasteiger partial charge in [-0.1, -0.05) is 36.7 Å². The third kappa shape index (κ3) is 4.78. The Morgan fingerprint density at radius 1 is 1.10 bits per heavy atom. The van der Waals surface area contributed by atoms with Crippen LogP contribution in [0.1, 0.15) is 37.8 Å². The number of para-hydroxylation sites is 1. The van der Waals surface area contributed by atoms with Crippen molar-refractivity contribution in [3.63, 3.8) is 0 Å². The minimum atomic E-state index is -4.60. The molecule has 0 fully saturated rings. The number of hydrogen-bond donors (Lipinski definition) is 3. The van der Waals surface area contributed by atoms with Crippen LogP contribution in [0.2, 0.25) is 5.02 Å². The summed E-state index contributed by atoms with van der Waals surface area (Å²) < 4.78 is 76.0. The number of halogens is 6. The summed E-state index contributed by atoms with van der Waals surface area (Å²) in [7, 11) is 0. The van der Waals surface area contributed by atoms with Crippen molar-refractivity contribution in [2.45, 2.75) is 44.5 Å². The first-order chi connectivity index (χ1) is 18.3. The van der Waals surface area contributed by atoms with Gasteiger partial charge in [-0.3, -0.25) is 5.32 Å². The largest absolute Gasteiger partial charge is 0.443 e.